The third kappa shape index (κ3) is 4.36. The van der Waals surface area contributed by atoms with E-state index in [0.717, 1.165) is 0 Å². The Kier molecular flexibility index (Phi) is 3.96. The molecule has 8 nitrogen and oxygen atoms in total. The number of hydrogen-bond donors (Lipinski definition) is 2. The Hall–Kier alpha value is -1.48. The van der Waals surface area contributed by atoms with Gasteiger partial charge in [-0.25, -0.2) is 13.1 Å². The van der Waals surface area contributed by atoms with E-state index in [4.69, 9.17) is 5.11 Å². The van der Waals surface area contributed by atoms with Crippen LogP contribution in [0.5, 0.6) is 0 Å². The van der Waals surface area contributed by atoms with Gasteiger partial charge in [0.25, 0.3) is 0 Å². The molecule has 1 rings (SSSR count). The minimum absolute atomic E-state index is 0.112. The first-order valence-corrected chi connectivity index (χ1v) is 6.02. The van der Waals surface area contributed by atoms with Gasteiger partial charge in [-0.15, -0.1) is 0 Å². The molecule has 9 heteroatoms. The average Bonchev–Trinajstić information content (AvgIpc) is 2.59. The Morgan fingerprint density at radius 3 is 2.75 bits per heavy atom. The maximum absolute atomic E-state index is 11.3. The fraction of sp³-hybridized carbons (Fsp3) is 0.571. The van der Waals surface area contributed by atoms with Crippen LogP contribution in [0, 0.1) is 6.92 Å². The van der Waals surface area contributed by atoms with E-state index in [1.165, 1.54) is 0 Å². The van der Waals surface area contributed by atoms with Gasteiger partial charge in [0.05, 0.1) is 18.7 Å². The Labute approximate surface area is 91.7 Å². The lowest BCUT2D eigenvalue weighted by Crippen LogP contribution is -2.27. The van der Waals surface area contributed by atoms with Crippen molar-refractivity contribution in [1.29, 1.82) is 0 Å². The van der Waals surface area contributed by atoms with Gasteiger partial charge in [0.2, 0.25) is 15.9 Å². The summed E-state index contributed by atoms with van der Waals surface area (Å²) in [6.07, 6.45) is -0.444. The van der Waals surface area contributed by atoms with Crippen molar-refractivity contribution in [3.05, 3.63) is 11.7 Å². The van der Waals surface area contributed by atoms with Gasteiger partial charge in [-0.2, -0.15) is 4.98 Å². The zero-order valence-corrected chi connectivity index (χ0v) is 9.32. The standard InChI is InChI=1S/C7H11N3O5S/c1-5-9-6(10-15-5)4-8-16(13,14)3-2-7(11)12/h8H,2-4H2,1H3,(H,11,12). The number of nitrogens with zero attached hydrogens (tertiary/aromatic N) is 2. The molecular weight excluding hydrogens is 238 g/mol. The molecule has 16 heavy (non-hydrogen) atoms. The molecule has 0 amide bonds. The number of nitrogens with one attached hydrogen (secondary N) is 1. The summed E-state index contributed by atoms with van der Waals surface area (Å²) in [5, 5.41) is 11.8. The van der Waals surface area contributed by atoms with E-state index in [1.54, 1.807) is 6.92 Å². The van der Waals surface area contributed by atoms with Crippen LogP contribution in [0.4, 0.5) is 0 Å². The molecule has 0 bridgehead atoms. The molecular formula is C7H11N3O5S. The number of aryl methyl sites for hydroxylation is 1. The normalized spacial score (nSPS) is 11.6. The molecule has 0 aliphatic rings. The third-order valence-electron chi connectivity index (χ3n) is 1.60. The van der Waals surface area contributed by atoms with Crippen molar-refractivity contribution < 1.29 is 22.8 Å². The number of carboxylic acid groups (broad SMARTS) is 1. The smallest absolute Gasteiger partial charge is 0.304 e. The van der Waals surface area contributed by atoms with E-state index in [0.29, 0.717) is 5.89 Å². The molecule has 1 aromatic rings. The number of rotatable bonds is 6. The molecule has 0 atom stereocenters. The highest BCUT2D eigenvalue weighted by atomic mass is 32.2. The zero-order valence-electron chi connectivity index (χ0n) is 8.50. The molecule has 1 heterocycles. The molecule has 0 aromatic carbocycles. The van der Waals surface area contributed by atoms with E-state index in [9.17, 15) is 13.2 Å². The highest BCUT2D eigenvalue weighted by Crippen LogP contribution is 1.96. The van der Waals surface area contributed by atoms with Gasteiger partial charge in [-0.3, -0.25) is 4.79 Å². The van der Waals surface area contributed by atoms with Crippen molar-refractivity contribution >= 4 is 16.0 Å². The van der Waals surface area contributed by atoms with Gasteiger partial charge in [-0.05, 0) is 0 Å². The lowest BCUT2D eigenvalue weighted by Gasteiger charge is -2.01. The van der Waals surface area contributed by atoms with Crippen LogP contribution >= 0.6 is 0 Å². The maximum Gasteiger partial charge on any atom is 0.304 e. The number of aromatic nitrogens is 2. The fourth-order valence-corrected chi connectivity index (χ4v) is 1.82. The summed E-state index contributed by atoms with van der Waals surface area (Å²) >= 11 is 0. The summed E-state index contributed by atoms with van der Waals surface area (Å²) in [6.45, 7) is 1.47. The monoisotopic (exact) mass is 249 g/mol. The summed E-state index contributed by atoms with van der Waals surface area (Å²) in [6, 6.07) is 0. The van der Waals surface area contributed by atoms with Crippen molar-refractivity contribution in [3.63, 3.8) is 0 Å². The van der Waals surface area contributed by atoms with E-state index >= 15 is 0 Å². The van der Waals surface area contributed by atoms with Gasteiger partial charge in [0.15, 0.2) is 5.82 Å². The molecule has 0 saturated carbocycles. The first-order valence-electron chi connectivity index (χ1n) is 4.37. The summed E-state index contributed by atoms with van der Waals surface area (Å²) in [5.74, 6) is -1.10. The molecule has 90 valence electrons. The Bertz CT molecular complexity index is 466. The van der Waals surface area contributed by atoms with E-state index in [2.05, 4.69) is 19.4 Å². The SMILES string of the molecule is Cc1nc(CNS(=O)(=O)CCC(=O)O)no1. The zero-order chi connectivity index (χ0) is 12.2. The predicted molar refractivity (Wildman–Crippen MR) is 51.9 cm³/mol. The summed E-state index contributed by atoms with van der Waals surface area (Å²) < 4.78 is 29.3. The second-order valence-corrected chi connectivity index (χ2v) is 4.94. The van der Waals surface area contributed by atoms with E-state index in [1.807, 2.05) is 0 Å². The largest absolute Gasteiger partial charge is 0.481 e. The van der Waals surface area contributed by atoms with E-state index in [-0.39, 0.29) is 12.4 Å². The van der Waals surface area contributed by atoms with Crippen LogP contribution in [0.1, 0.15) is 18.1 Å². The van der Waals surface area contributed by atoms with Crippen LogP contribution in [-0.4, -0.2) is 35.4 Å². The summed E-state index contributed by atoms with van der Waals surface area (Å²) in [5.41, 5.74) is 0. The van der Waals surface area contributed by atoms with Crippen LogP contribution in [0.25, 0.3) is 0 Å². The number of aliphatic carboxylic acids is 1. The molecule has 0 unspecified atom stereocenters. The van der Waals surface area contributed by atoms with Crippen LogP contribution < -0.4 is 4.72 Å². The van der Waals surface area contributed by atoms with Crippen molar-refractivity contribution in [2.24, 2.45) is 0 Å². The van der Waals surface area contributed by atoms with Gasteiger partial charge < -0.3 is 9.63 Å². The first kappa shape index (κ1) is 12.6. The highest BCUT2D eigenvalue weighted by molar-refractivity contribution is 7.89. The molecule has 2 N–H and O–H groups in total. The molecule has 1 aromatic heterocycles. The van der Waals surface area contributed by atoms with Crippen molar-refractivity contribution in [2.45, 2.75) is 19.9 Å². The van der Waals surface area contributed by atoms with Gasteiger partial charge in [-0.1, -0.05) is 5.16 Å². The third-order valence-corrected chi connectivity index (χ3v) is 2.93. The summed E-state index contributed by atoms with van der Waals surface area (Å²) in [7, 11) is -3.62. The fourth-order valence-electron chi connectivity index (χ4n) is 0.881. The lowest BCUT2D eigenvalue weighted by molar-refractivity contribution is -0.136. The highest BCUT2D eigenvalue weighted by Gasteiger charge is 2.13. The topological polar surface area (TPSA) is 122 Å². The minimum atomic E-state index is -3.62. The molecule has 0 radical (unpaired) electrons. The van der Waals surface area contributed by atoms with Crippen LogP contribution in [-0.2, 0) is 21.4 Å². The predicted octanol–water partition coefficient (Wildman–Crippen LogP) is -0.728. The Balaban J connectivity index is 2.45. The second kappa shape index (κ2) is 5.03. The molecule has 0 aliphatic heterocycles. The van der Waals surface area contributed by atoms with Crippen molar-refractivity contribution in [2.75, 3.05) is 5.75 Å². The number of carboxylic acids is 1. The average molecular weight is 249 g/mol. The number of hydrogen-bond acceptors (Lipinski definition) is 6. The van der Waals surface area contributed by atoms with Crippen LogP contribution in [0.2, 0.25) is 0 Å². The minimum Gasteiger partial charge on any atom is -0.481 e. The molecule has 0 spiro atoms. The van der Waals surface area contributed by atoms with Gasteiger partial charge in [0, 0.05) is 6.92 Å². The van der Waals surface area contributed by atoms with E-state index < -0.39 is 28.2 Å². The van der Waals surface area contributed by atoms with Crippen molar-refractivity contribution in [1.82, 2.24) is 14.9 Å². The van der Waals surface area contributed by atoms with Crippen molar-refractivity contribution in [3.8, 4) is 0 Å². The van der Waals surface area contributed by atoms with Crippen LogP contribution in [0.3, 0.4) is 0 Å². The quantitative estimate of drug-likeness (QED) is 0.681. The molecule has 0 aliphatic carbocycles. The van der Waals surface area contributed by atoms with Gasteiger partial charge >= 0.3 is 5.97 Å². The summed E-state index contributed by atoms with van der Waals surface area (Å²) in [4.78, 5) is 14.0. The molecule has 0 saturated heterocycles. The maximum atomic E-state index is 11.3. The number of carbonyl (C=O) groups is 1. The van der Waals surface area contributed by atoms with Crippen LogP contribution in [0.15, 0.2) is 4.52 Å². The Morgan fingerprint density at radius 1 is 1.56 bits per heavy atom. The first-order chi connectivity index (χ1) is 7.39. The number of sulfonamides is 1. The molecule has 0 fully saturated rings. The lowest BCUT2D eigenvalue weighted by atomic mass is 10.5. The second-order valence-electron chi connectivity index (χ2n) is 3.01. The van der Waals surface area contributed by atoms with Gasteiger partial charge in [0.1, 0.15) is 0 Å². The Morgan fingerprint density at radius 2 is 2.25 bits per heavy atom.